The lowest BCUT2D eigenvalue weighted by atomic mass is 10.0. The first-order valence-corrected chi connectivity index (χ1v) is 6.59. The summed E-state index contributed by atoms with van der Waals surface area (Å²) in [7, 11) is 0. The molecule has 0 unspecified atom stereocenters. The van der Waals surface area contributed by atoms with Crippen molar-refractivity contribution < 1.29 is 5.11 Å². The van der Waals surface area contributed by atoms with Crippen molar-refractivity contribution in [1.29, 1.82) is 0 Å². The van der Waals surface area contributed by atoms with E-state index in [9.17, 15) is 5.11 Å². The van der Waals surface area contributed by atoms with Gasteiger partial charge in [-0.05, 0) is 42.7 Å². The topological polar surface area (TPSA) is 49.2 Å². The summed E-state index contributed by atoms with van der Waals surface area (Å²) in [6.45, 7) is 0.855. The van der Waals surface area contributed by atoms with Gasteiger partial charge in [0.05, 0.1) is 12.1 Å². The summed E-state index contributed by atoms with van der Waals surface area (Å²) in [6, 6.07) is 9.99. The summed E-state index contributed by atoms with van der Waals surface area (Å²) in [5, 5.41) is 10.2. The van der Waals surface area contributed by atoms with Crippen molar-refractivity contribution in [3.8, 4) is 0 Å². The first-order chi connectivity index (χ1) is 9.34. The predicted molar refractivity (Wildman–Crippen MR) is 73.9 cm³/mol. The molecule has 0 amide bonds. The van der Waals surface area contributed by atoms with Crippen LogP contribution in [0.15, 0.2) is 48.9 Å². The molecule has 3 rings (SSSR count). The van der Waals surface area contributed by atoms with E-state index in [2.05, 4.69) is 14.9 Å². The fraction of sp³-hybridized carbons (Fsp3) is 0.333. The second kappa shape index (κ2) is 5.36. The summed E-state index contributed by atoms with van der Waals surface area (Å²) in [4.78, 5) is 10.6. The molecule has 1 aliphatic rings. The minimum Gasteiger partial charge on any atom is -0.391 e. The third-order valence-electron chi connectivity index (χ3n) is 3.65. The highest BCUT2D eigenvalue weighted by molar-refractivity contribution is 5.42. The molecule has 1 fully saturated rings. The van der Waals surface area contributed by atoms with Gasteiger partial charge in [-0.25, -0.2) is 4.98 Å². The minimum atomic E-state index is -0.296. The van der Waals surface area contributed by atoms with E-state index in [4.69, 9.17) is 0 Å². The fourth-order valence-corrected chi connectivity index (χ4v) is 2.65. The van der Waals surface area contributed by atoms with Crippen molar-refractivity contribution in [1.82, 2.24) is 9.97 Å². The number of aliphatic hydroxyl groups is 1. The molecule has 98 valence electrons. The number of hydrogen-bond donors (Lipinski definition) is 1. The van der Waals surface area contributed by atoms with Crippen molar-refractivity contribution >= 4 is 5.82 Å². The van der Waals surface area contributed by atoms with Gasteiger partial charge < -0.3 is 10.0 Å². The van der Waals surface area contributed by atoms with Crippen LogP contribution in [-0.2, 0) is 6.42 Å². The lowest BCUT2D eigenvalue weighted by Crippen LogP contribution is -2.37. The number of nitrogens with zero attached hydrogens (tertiary/aromatic N) is 3. The van der Waals surface area contributed by atoms with E-state index in [1.54, 1.807) is 18.6 Å². The van der Waals surface area contributed by atoms with Crippen LogP contribution in [0.5, 0.6) is 0 Å². The highest BCUT2D eigenvalue weighted by atomic mass is 16.3. The van der Waals surface area contributed by atoms with Crippen molar-refractivity contribution in [2.75, 3.05) is 11.4 Å². The van der Waals surface area contributed by atoms with E-state index >= 15 is 0 Å². The Morgan fingerprint density at radius 3 is 2.74 bits per heavy atom. The van der Waals surface area contributed by atoms with Crippen molar-refractivity contribution in [2.45, 2.75) is 25.0 Å². The molecule has 2 atom stereocenters. The van der Waals surface area contributed by atoms with Crippen LogP contribution in [-0.4, -0.2) is 33.8 Å². The highest BCUT2D eigenvalue weighted by Crippen LogP contribution is 2.26. The molecule has 0 bridgehead atoms. The zero-order chi connectivity index (χ0) is 13.1. The average molecular weight is 255 g/mol. The first kappa shape index (κ1) is 12.1. The molecule has 1 N–H and O–H groups in total. The Morgan fingerprint density at radius 2 is 2.00 bits per heavy atom. The third-order valence-corrected chi connectivity index (χ3v) is 3.65. The maximum absolute atomic E-state index is 10.2. The predicted octanol–water partition coefficient (Wildman–Crippen LogP) is 1.66. The quantitative estimate of drug-likeness (QED) is 0.906. The molecule has 0 saturated carbocycles. The van der Waals surface area contributed by atoms with Gasteiger partial charge in [-0.15, -0.1) is 0 Å². The molecule has 4 nitrogen and oxygen atoms in total. The van der Waals surface area contributed by atoms with Gasteiger partial charge in [-0.3, -0.25) is 4.98 Å². The summed E-state index contributed by atoms with van der Waals surface area (Å²) in [6.07, 6.45) is 6.70. The standard InChI is InChI=1S/C15H17N3O/c19-14-6-10-18(15-3-1-2-7-17-15)13(14)11-12-4-8-16-9-5-12/h1-5,7-9,13-14,19H,6,10-11H2/t13-,14-/m1/s1. The summed E-state index contributed by atoms with van der Waals surface area (Å²) in [5.41, 5.74) is 1.20. The van der Waals surface area contributed by atoms with Crippen LogP contribution in [0.1, 0.15) is 12.0 Å². The van der Waals surface area contributed by atoms with Crippen LogP contribution in [0, 0.1) is 0 Å². The van der Waals surface area contributed by atoms with E-state index in [1.807, 2.05) is 30.3 Å². The molecule has 0 spiro atoms. The zero-order valence-corrected chi connectivity index (χ0v) is 10.7. The largest absolute Gasteiger partial charge is 0.391 e. The van der Waals surface area contributed by atoms with Crippen LogP contribution in [0.4, 0.5) is 5.82 Å². The third kappa shape index (κ3) is 2.58. The van der Waals surface area contributed by atoms with Gasteiger partial charge in [0.2, 0.25) is 0 Å². The molecular formula is C15H17N3O. The van der Waals surface area contributed by atoms with E-state index in [-0.39, 0.29) is 12.1 Å². The molecule has 2 aromatic heterocycles. The Morgan fingerprint density at radius 1 is 1.16 bits per heavy atom. The average Bonchev–Trinajstić information content (AvgIpc) is 2.82. The molecule has 4 heteroatoms. The minimum absolute atomic E-state index is 0.0947. The Hall–Kier alpha value is -1.94. The summed E-state index contributed by atoms with van der Waals surface area (Å²) >= 11 is 0. The molecule has 2 aromatic rings. The molecule has 0 aliphatic carbocycles. The number of aromatic nitrogens is 2. The summed E-state index contributed by atoms with van der Waals surface area (Å²) in [5.74, 6) is 0.943. The fourth-order valence-electron chi connectivity index (χ4n) is 2.65. The van der Waals surface area contributed by atoms with E-state index < -0.39 is 0 Å². The normalized spacial score (nSPS) is 22.7. The molecular weight excluding hydrogens is 238 g/mol. The SMILES string of the molecule is O[C@@H]1CCN(c2ccccn2)[C@@H]1Cc1ccncc1. The van der Waals surface area contributed by atoms with Crippen LogP contribution >= 0.6 is 0 Å². The van der Waals surface area contributed by atoms with Crippen molar-refractivity contribution in [3.05, 3.63) is 54.5 Å². The van der Waals surface area contributed by atoms with E-state index in [0.29, 0.717) is 0 Å². The Labute approximate surface area is 112 Å². The van der Waals surface area contributed by atoms with Crippen LogP contribution in [0.2, 0.25) is 0 Å². The van der Waals surface area contributed by atoms with Crippen LogP contribution in [0.3, 0.4) is 0 Å². The second-order valence-electron chi connectivity index (χ2n) is 4.86. The number of hydrogen-bond acceptors (Lipinski definition) is 4. The number of rotatable bonds is 3. The lowest BCUT2D eigenvalue weighted by molar-refractivity contribution is 0.164. The molecule has 0 aromatic carbocycles. The number of anilines is 1. The van der Waals surface area contributed by atoms with Gasteiger partial charge in [0, 0.05) is 25.1 Å². The molecule has 19 heavy (non-hydrogen) atoms. The second-order valence-corrected chi connectivity index (χ2v) is 4.86. The molecule has 1 aliphatic heterocycles. The summed E-state index contributed by atoms with van der Waals surface area (Å²) < 4.78 is 0. The van der Waals surface area contributed by atoms with Crippen molar-refractivity contribution in [2.24, 2.45) is 0 Å². The molecule has 0 radical (unpaired) electrons. The number of aliphatic hydroxyl groups excluding tert-OH is 1. The monoisotopic (exact) mass is 255 g/mol. The highest BCUT2D eigenvalue weighted by Gasteiger charge is 2.33. The van der Waals surface area contributed by atoms with E-state index in [0.717, 1.165) is 25.2 Å². The number of pyridine rings is 2. The smallest absolute Gasteiger partial charge is 0.128 e. The molecule has 3 heterocycles. The van der Waals surface area contributed by atoms with Gasteiger partial charge >= 0.3 is 0 Å². The Bertz CT molecular complexity index is 517. The maximum Gasteiger partial charge on any atom is 0.128 e. The Kier molecular flexibility index (Phi) is 3.42. The van der Waals surface area contributed by atoms with E-state index in [1.165, 1.54) is 5.56 Å². The van der Waals surface area contributed by atoms with Gasteiger partial charge in [0.1, 0.15) is 5.82 Å². The van der Waals surface area contributed by atoms with Gasteiger partial charge in [0.15, 0.2) is 0 Å². The zero-order valence-electron chi connectivity index (χ0n) is 10.7. The molecule has 1 saturated heterocycles. The van der Waals surface area contributed by atoms with Gasteiger partial charge in [0.25, 0.3) is 0 Å². The van der Waals surface area contributed by atoms with Crippen molar-refractivity contribution in [3.63, 3.8) is 0 Å². The van der Waals surface area contributed by atoms with Gasteiger partial charge in [-0.2, -0.15) is 0 Å². The Balaban J connectivity index is 1.81. The first-order valence-electron chi connectivity index (χ1n) is 6.59. The van der Waals surface area contributed by atoms with Crippen LogP contribution in [0.25, 0.3) is 0 Å². The lowest BCUT2D eigenvalue weighted by Gasteiger charge is -2.27. The maximum atomic E-state index is 10.2. The van der Waals surface area contributed by atoms with Crippen LogP contribution < -0.4 is 4.90 Å². The van der Waals surface area contributed by atoms with Gasteiger partial charge in [-0.1, -0.05) is 6.07 Å².